The van der Waals surface area contributed by atoms with Gasteiger partial charge in [-0.3, -0.25) is 5.10 Å². The molecule has 1 aliphatic carbocycles. The summed E-state index contributed by atoms with van der Waals surface area (Å²) in [5.41, 5.74) is 6.97. The van der Waals surface area contributed by atoms with E-state index in [-0.39, 0.29) is 0 Å². The molecular weight excluding hydrogens is 540 g/mol. The van der Waals surface area contributed by atoms with Gasteiger partial charge < -0.3 is 5.11 Å². The highest BCUT2D eigenvalue weighted by molar-refractivity contribution is 14.1. The van der Waals surface area contributed by atoms with E-state index in [1.807, 2.05) is 24.4 Å². The zero-order valence-electron chi connectivity index (χ0n) is 13.1. The van der Waals surface area contributed by atoms with Crippen molar-refractivity contribution in [1.82, 2.24) is 15.2 Å². The molecule has 0 radical (unpaired) electrons. The SMILES string of the molecule is Oc1c(I)cc(-c2nc3ccc4[nH]ncc4c3c3c2CCC3)cc1I. The van der Waals surface area contributed by atoms with Crippen LogP contribution in [-0.4, -0.2) is 20.3 Å². The molecule has 0 atom stereocenters. The Labute approximate surface area is 171 Å². The van der Waals surface area contributed by atoms with Crippen molar-refractivity contribution in [3.63, 3.8) is 0 Å². The van der Waals surface area contributed by atoms with Crippen LogP contribution < -0.4 is 0 Å². The Morgan fingerprint density at radius 1 is 1.04 bits per heavy atom. The predicted octanol–water partition coefficient (Wildman–Crippen LogP) is 5.18. The number of nitrogens with zero attached hydrogens (tertiary/aromatic N) is 2. The van der Waals surface area contributed by atoms with Crippen molar-refractivity contribution < 1.29 is 5.11 Å². The third kappa shape index (κ3) is 2.37. The molecule has 1 aliphatic rings. The zero-order valence-corrected chi connectivity index (χ0v) is 17.4. The number of phenolic OH excluding ortho intramolecular Hbond substituents is 1. The summed E-state index contributed by atoms with van der Waals surface area (Å²) in [5, 5.41) is 19.8. The van der Waals surface area contributed by atoms with Crippen molar-refractivity contribution in [3.8, 4) is 17.0 Å². The summed E-state index contributed by atoms with van der Waals surface area (Å²) in [6.45, 7) is 0. The summed E-state index contributed by atoms with van der Waals surface area (Å²) in [4.78, 5) is 5.03. The minimum atomic E-state index is 0.350. The fourth-order valence-electron chi connectivity index (χ4n) is 3.83. The second kappa shape index (κ2) is 5.80. The molecular formula is C19H13I2N3O. The second-order valence-electron chi connectivity index (χ2n) is 6.35. The molecule has 0 saturated heterocycles. The van der Waals surface area contributed by atoms with Crippen LogP contribution in [0, 0.1) is 7.14 Å². The number of nitrogens with one attached hydrogen (secondary N) is 1. The summed E-state index contributed by atoms with van der Waals surface area (Å²) in [7, 11) is 0. The summed E-state index contributed by atoms with van der Waals surface area (Å²) in [6, 6.07) is 8.18. The first-order chi connectivity index (χ1) is 12.1. The third-order valence-electron chi connectivity index (χ3n) is 4.93. The van der Waals surface area contributed by atoms with Gasteiger partial charge in [0.25, 0.3) is 0 Å². The number of aryl methyl sites for hydroxylation is 1. The van der Waals surface area contributed by atoms with Crippen molar-refractivity contribution in [2.24, 2.45) is 0 Å². The fourth-order valence-corrected chi connectivity index (χ4v) is 5.59. The maximum atomic E-state index is 10.1. The van der Waals surface area contributed by atoms with Gasteiger partial charge in [0.05, 0.1) is 30.1 Å². The fraction of sp³-hybridized carbons (Fsp3) is 0.158. The molecule has 0 aliphatic heterocycles. The van der Waals surface area contributed by atoms with Crippen LogP contribution in [0.25, 0.3) is 33.1 Å². The van der Waals surface area contributed by atoms with Gasteiger partial charge in [0.1, 0.15) is 5.75 Å². The quantitative estimate of drug-likeness (QED) is 0.320. The third-order valence-corrected chi connectivity index (χ3v) is 6.57. The van der Waals surface area contributed by atoms with Crippen molar-refractivity contribution in [1.29, 1.82) is 0 Å². The molecule has 6 heteroatoms. The Kier molecular flexibility index (Phi) is 3.67. The van der Waals surface area contributed by atoms with E-state index >= 15 is 0 Å². The Hall–Kier alpha value is -1.42. The molecule has 5 rings (SSSR count). The molecule has 0 unspecified atom stereocenters. The number of hydrogen-bond donors (Lipinski definition) is 2. The maximum absolute atomic E-state index is 10.1. The number of fused-ring (bicyclic) bond motifs is 5. The van der Waals surface area contributed by atoms with Crippen LogP contribution in [0.2, 0.25) is 0 Å². The second-order valence-corrected chi connectivity index (χ2v) is 8.67. The Balaban J connectivity index is 1.87. The summed E-state index contributed by atoms with van der Waals surface area (Å²) >= 11 is 4.37. The number of H-pyrrole nitrogens is 1. The molecule has 0 fully saturated rings. The van der Waals surface area contributed by atoms with Crippen molar-refractivity contribution >= 4 is 67.0 Å². The summed E-state index contributed by atoms with van der Waals surface area (Å²) < 4.78 is 1.72. The summed E-state index contributed by atoms with van der Waals surface area (Å²) in [5.74, 6) is 0.350. The number of rotatable bonds is 1. The Morgan fingerprint density at radius 3 is 2.60 bits per heavy atom. The number of aromatic amines is 1. The van der Waals surface area contributed by atoms with Crippen LogP contribution in [0.4, 0.5) is 0 Å². The predicted molar refractivity (Wildman–Crippen MR) is 116 cm³/mol. The lowest BCUT2D eigenvalue weighted by Crippen LogP contribution is -1.97. The lowest BCUT2D eigenvalue weighted by Gasteiger charge is -2.13. The number of aromatic hydroxyl groups is 1. The van der Waals surface area contributed by atoms with Gasteiger partial charge >= 0.3 is 0 Å². The Bertz CT molecular complexity index is 1140. The minimum Gasteiger partial charge on any atom is -0.506 e. The molecule has 124 valence electrons. The highest BCUT2D eigenvalue weighted by Crippen LogP contribution is 2.40. The van der Waals surface area contributed by atoms with E-state index in [1.165, 1.54) is 16.5 Å². The molecule has 0 saturated carbocycles. The van der Waals surface area contributed by atoms with Crippen LogP contribution in [0.3, 0.4) is 0 Å². The van der Waals surface area contributed by atoms with E-state index in [9.17, 15) is 5.11 Å². The zero-order chi connectivity index (χ0) is 17.1. The van der Waals surface area contributed by atoms with Gasteiger partial charge in [-0.1, -0.05) is 0 Å². The number of pyridine rings is 1. The van der Waals surface area contributed by atoms with Gasteiger partial charge in [-0.25, -0.2) is 4.98 Å². The highest BCUT2D eigenvalue weighted by atomic mass is 127. The minimum absolute atomic E-state index is 0.350. The maximum Gasteiger partial charge on any atom is 0.142 e. The van der Waals surface area contributed by atoms with E-state index in [4.69, 9.17) is 4.98 Å². The first kappa shape index (κ1) is 15.8. The molecule has 2 N–H and O–H groups in total. The molecule has 25 heavy (non-hydrogen) atoms. The molecule has 2 heterocycles. The Morgan fingerprint density at radius 2 is 1.80 bits per heavy atom. The smallest absolute Gasteiger partial charge is 0.142 e. The standard InChI is InChI=1S/C19H13I2N3O/c20-13-6-9(7-14(21)19(13)25)18-11-3-1-2-10(11)17-12-8-22-24-15(12)4-5-16(17)23-18/h4-8,25H,1-3H2,(H,22,24). The number of benzene rings is 2. The van der Waals surface area contributed by atoms with Crippen LogP contribution in [0.1, 0.15) is 17.5 Å². The van der Waals surface area contributed by atoms with E-state index in [0.717, 1.165) is 54.1 Å². The number of halogens is 2. The number of phenols is 1. The van der Waals surface area contributed by atoms with Crippen LogP contribution in [-0.2, 0) is 12.8 Å². The molecule has 0 bridgehead atoms. The van der Waals surface area contributed by atoms with Crippen molar-refractivity contribution in [2.75, 3.05) is 0 Å². The number of hydrogen-bond acceptors (Lipinski definition) is 3. The van der Waals surface area contributed by atoms with Gasteiger partial charge in [0, 0.05) is 16.3 Å². The van der Waals surface area contributed by atoms with Crippen molar-refractivity contribution in [3.05, 3.63) is 48.7 Å². The van der Waals surface area contributed by atoms with Gasteiger partial charge in [0.15, 0.2) is 0 Å². The van der Waals surface area contributed by atoms with Crippen LogP contribution in [0.15, 0.2) is 30.5 Å². The lowest BCUT2D eigenvalue weighted by atomic mass is 9.97. The van der Waals surface area contributed by atoms with Gasteiger partial charge in [-0.05, 0) is 99.8 Å². The average Bonchev–Trinajstić information content (AvgIpc) is 3.26. The molecule has 2 aromatic heterocycles. The molecule has 4 nitrogen and oxygen atoms in total. The van der Waals surface area contributed by atoms with E-state index < -0.39 is 0 Å². The molecule has 0 amide bonds. The van der Waals surface area contributed by atoms with E-state index in [1.54, 1.807) is 0 Å². The van der Waals surface area contributed by atoms with Gasteiger partial charge in [-0.2, -0.15) is 5.10 Å². The normalized spacial score (nSPS) is 13.7. The van der Waals surface area contributed by atoms with Crippen LogP contribution in [0.5, 0.6) is 5.75 Å². The molecule has 0 spiro atoms. The monoisotopic (exact) mass is 553 g/mol. The average molecular weight is 553 g/mol. The molecule has 4 aromatic rings. The lowest BCUT2D eigenvalue weighted by molar-refractivity contribution is 0.468. The van der Waals surface area contributed by atoms with Gasteiger partial charge in [-0.15, -0.1) is 0 Å². The van der Waals surface area contributed by atoms with E-state index in [2.05, 4.69) is 61.4 Å². The largest absolute Gasteiger partial charge is 0.506 e. The summed E-state index contributed by atoms with van der Waals surface area (Å²) in [6.07, 6.45) is 5.20. The highest BCUT2D eigenvalue weighted by Gasteiger charge is 2.23. The first-order valence-electron chi connectivity index (χ1n) is 8.09. The first-order valence-corrected chi connectivity index (χ1v) is 10.2. The molecule has 2 aromatic carbocycles. The number of aromatic nitrogens is 3. The van der Waals surface area contributed by atoms with Crippen molar-refractivity contribution in [2.45, 2.75) is 19.3 Å². The topological polar surface area (TPSA) is 61.8 Å². The van der Waals surface area contributed by atoms with Crippen LogP contribution >= 0.6 is 45.2 Å². The van der Waals surface area contributed by atoms with Gasteiger partial charge in [0.2, 0.25) is 0 Å². The van der Waals surface area contributed by atoms with E-state index in [0.29, 0.717) is 5.75 Å².